The van der Waals surface area contributed by atoms with Crippen LogP contribution in [0.3, 0.4) is 0 Å². The number of carbonyl (C=O) groups is 1. The molecule has 1 aromatic carbocycles. The molecule has 0 aliphatic carbocycles. The van der Waals surface area contributed by atoms with E-state index in [2.05, 4.69) is 6.92 Å². The van der Waals surface area contributed by atoms with Gasteiger partial charge in [-0.15, -0.1) is 0 Å². The van der Waals surface area contributed by atoms with Gasteiger partial charge in [-0.3, -0.25) is 4.79 Å². The molecule has 6 nitrogen and oxygen atoms in total. The topological polar surface area (TPSA) is 91.0 Å². The Morgan fingerprint density at radius 2 is 1.68 bits per heavy atom. The number of rotatable bonds is 15. The van der Waals surface area contributed by atoms with Gasteiger partial charge in [0, 0.05) is 6.54 Å². The first-order valence-corrected chi connectivity index (χ1v) is 10.5. The van der Waals surface area contributed by atoms with Crippen LogP contribution >= 0.6 is 0 Å². The van der Waals surface area contributed by atoms with Gasteiger partial charge in [-0.05, 0) is 57.6 Å². The van der Waals surface area contributed by atoms with Crippen LogP contribution in [0.25, 0.3) is 0 Å². The summed E-state index contributed by atoms with van der Waals surface area (Å²) in [4.78, 5) is 11.3. The summed E-state index contributed by atoms with van der Waals surface area (Å²) in [7, 11) is 0. The molecule has 160 valence electrons. The van der Waals surface area contributed by atoms with Crippen molar-refractivity contribution in [1.29, 1.82) is 0 Å². The van der Waals surface area contributed by atoms with E-state index in [4.69, 9.17) is 19.9 Å². The van der Waals surface area contributed by atoms with E-state index in [9.17, 15) is 9.90 Å². The van der Waals surface area contributed by atoms with E-state index in [0.29, 0.717) is 43.7 Å². The molecule has 0 fully saturated rings. The van der Waals surface area contributed by atoms with Crippen LogP contribution < -0.4 is 19.9 Å². The molecule has 28 heavy (non-hydrogen) atoms. The normalized spacial score (nSPS) is 13.0. The first-order valence-electron chi connectivity index (χ1n) is 10.5. The van der Waals surface area contributed by atoms with Crippen molar-refractivity contribution in [2.75, 3.05) is 26.4 Å². The minimum atomic E-state index is -0.799. The molecule has 0 saturated carbocycles. The second-order valence-corrected chi connectivity index (χ2v) is 6.85. The third kappa shape index (κ3) is 7.23. The maximum Gasteiger partial charge on any atom is 0.307 e. The monoisotopic (exact) mass is 395 g/mol. The van der Waals surface area contributed by atoms with Crippen molar-refractivity contribution in [3.8, 4) is 17.2 Å². The number of aryl methyl sites for hydroxylation is 1. The van der Waals surface area contributed by atoms with Gasteiger partial charge in [0.05, 0.1) is 25.7 Å². The lowest BCUT2D eigenvalue weighted by Crippen LogP contribution is -2.25. The second kappa shape index (κ2) is 13.3. The fourth-order valence-electron chi connectivity index (χ4n) is 3.41. The van der Waals surface area contributed by atoms with Crippen LogP contribution in [-0.2, 0) is 11.2 Å². The molecule has 3 N–H and O–H groups in total. The van der Waals surface area contributed by atoms with Crippen LogP contribution in [0.2, 0.25) is 0 Å². The second-order valence-electron chi connectivity index (χ2n) is 6.85. The van der Waals surface area contributed by atoms with Gasteiger partial charge in [-0.2, -0.15) is 0 Å². The summed E-state index contributed by atoms with van der Waals surface area (Å²) >= 11 is 0. The molecule has 2 unspecified atom stereocenters. The van der Waals surface area contributed by atoms with Crippen LogP contribution in [0.1, 0.15) is 58.9 Å². The highest BCUT2D eigenvalue weighted by Gasteiger charge is 2.21. The molecule has 0 saturated heterocycles. The zero-order chi connectivity index (χ0) is 20.9. The van der Waals surface area contributed by atoms with Gasteiger partial charge in [-0.25, -0.2) is 0 Å². The highest BCUT2D eigenvalue weighted by Crippen LogP contribution is 2.41. The molecule has 0 bridgehead atoms. The van der Waals surface area contributed by atoms with Gasteiger partial charge in [0.15, 0.2) is 11.5 Å². The van der Waals surface area contributed by atoms with Crippen molar-refractivity contribution in [2.24, 2.45) is 17.6 Å². The quantitative estimate of drug-likeness (QED) is 0.460. The summed E-state index contributed by atoms with van der Waals surface area (Å²) in [5, 5.41) is 9.24. The number of nitrogens with two attached hydrogens (primary N) is 1. The summed E-state index contributed by atoms with van der Waals surface area (Å²) in [5.74, 6) is 1.23. The Morgan fingerprint density at radius 3 is 2.21 bits per heavy atom. The first kappa shape index (κ1) is 24.1. The highest BCUT2D eigenvalue weighted by molar-refractivity contribution is 5.70. The molecule has 6 heteroatoms. The molecule has 0 aliphatic rings. The van der Waals surface area contributed by atoms with E-state index in [1.165, 1.54) is 0 Å². The van der Waals surface area contributed by atoms with E-state index in [1.54, 1.807) is 0 Å². The molecule has 0 aliphatic heterocycles. The standard InChI is InChI=1S/C22H37NO5/c1-5-16(14-18(15-23)22(24)25)10-9-11-17-12-13-19(26-6-2)21(28-8-4)20(17)27-7-3/h12-13,16,18H,5-11,14-15,23H2,1-4H3,(H,24,25). The Morgan fingerprint density at radius 1 is 1.04 bits per heavy atom. The van der Waals surface area contributed by atoms with Crippen molar-refractivity contribution in [3.63, 3.8) is 0 Å². The number of carboxylic acid groups (broad SMARTS) is 1. The lowest BCUT2D eigenvalue weighted by Gasteiger charge is -2.20. The summed E-state index contributed by atoms with van der Waals surface area (Å²) in [6.07, 6.45) is 4.35. The van der Waals surface area contributed by atoms with Crippen LogP contribution in [0, 0.1) is 11.8 Å². The van der Waals surface area contributed by atoms with E-state index in [-0.39, 0.29) is 6.54 Å². The van der Waals surface area contributed by atoms with Crippen molar-refractivity contribution in [1.82, 2.24) is 0 Å². The Kier molecular flexibility index (Phi) is 11.4. The van der Waals surface area contributed by atoms with E-state index in [1.807, 2.05) is 32.9 Å². The molecule has 0 radical (unpaired) electrons. The first-order chi connectivity index (χ1) is 13.5. The van der Waals surface area contributed by atoms with Crippen LogP contribution in [0.15, 0.2) is 12.1 Å². The molecule has 0 heterocycles. The minimum Gasteiger partial charge on any atom is -0.490 e. The SMILES string of the molecule is CCOc1ccc(CCCC(CC)CC(CN)C(=O)O)c(OCC)c1OCC. The number of hydrogen-bond acceptors (Lipinski definition) is 5. The number of carboxylic acids is 1. The summed E-state index contributed by atoms with van der Waals surface area (Å²) < 4.78 is 17.4. The number of aliphatic carboxylic acids is 1. The molecule has 2 atom stereocenters. The Hall–Kier alpha value is -1.95. The van der Waals surface area contributed by atoms with Gasteiger partial charge in [-0.1, -0.05) is 25.8 Å². The minimum absolute atomic E-state index is 0.191. The van der Waals surface area contributed by atoms with Crippen molar-refractivity contribution in [3.05, 3.63) is 17.7 Å². The van der Waals surface area contributed by atoms with Gasteiger partial charge in [0.1, 0.15) is 0 Å². The summed E-state index contributed by atoms with van der Waals surface area (Å²) in [5.41, 5.74) is 6.71. The van der Waals surface area contributed by atoms with Crippen molar-refractivity contribution >= 4 is 5.97 Å². The van der Waals surface area contributed by atoms with Crippen LogP contribution in [0.5, 0.6) is 17.2 Å². The molecule has 1 rings (SSSR count). The molecular formula is C22H37NO5. The zero-order valence-corrected chi connectivity index (χ0v) is 17.8. The lowest BCUT2D eigenvalue weighted by molar-refractivity contribution is -0.142. The average Bonchev–Trinajstić information content (AvgIpc) is 2.68. The summed E-state index contributed by atoms with van der Waals surface area (Å²) in [6, 6.07) is 3.98. The predicted octanol–water partition coefficient (Wildman–Crippen LogP) is 4.28. The average molecular weight is 396 g/mol. The van der Waals surface area contributed by atoms with E-state index in [0.717, 1.165) is 37.0 Å². The van der Waals surface area contributed by atoms with Crippen molar-refractivity contribution < 1.29 is 24.1 Å². The zero-order valence-electron chi connectivity index (χ0n) is 17.8. The third-order valence-electron chi connectivity index (χ3n) is 4.92. The maximum absolute atomic E-state index is 11.3. The number of hydrogen-bond donors (Lipinski definition) is 2. The van der Waals surface area contributed by atoms with Crippen molar-refractivity contribution in [2.45, 2.75) is 59.8 Å². The predicted molar refractivity (Wildman–Crippen MR) is 111 cm³/mol. The molecule has 0 spiro atoms. The molecule has 0 amide bonds. The summed E-state index contributed by atoms with van der Waals surface area (Å²) in [6.45, 7) is 9.80. The Balaban J connectivity index is 2.86. The highest BCUT2D eigenvalue weighted by atomic mass is 16.5. The molecule has 1 aromatic rings. The fraction of sp³-hybridized carbons (Fsp3) is 0.682. The van der Waals surface area contributed by atoms with Gasteiger partial charge >= 0.3 is 5.97 Å². The molecular weight excluding hydrogens is 358 g/mol. The number of benzene rings is 1. The van der Waals surface area contributed by atoms with Crippen LogP contribution in [0.4, 0.5) is 0 Å². The Labute approximate surface area is 169 Å². The smallest absolute Gasteiger partial charge is 0.307 e. The van der Waals surface area contributed by atoms with Gasteiger partial charge < -0.3 is 25.1 Å². The lowest BCUT2D eigenvalue weighted by atomic mass is 9.88. The third-order valence-corrected chi connectivity index (χ3v) is 4.92. The van der Waals surface area contributed by atoms with Gasteiger partial charge in [0.25, 0.3) is 0 Å². The number of ether oxygens (including phenoxy) is 3. The van der Waals surface area contributed by atoms with E-state index < -0.39 is 11.9 Å². The molecule has 0 aromatic heterocycles. The van der Waals surface area contributed by atoms with E-state index >= 15 is 0 Å². The fourth-order valence-corrected chi connectivity index (χ4v) is 3.41. The maximum atomic E-state index is 11.3. The van der Waals surface area contributed by atoms with Crippen LogP contribution in [-0.4, -0.2) is 37.4 Å². The Bertz CT molecular complexity index is 591. The largest absolute Gasteiger partial charge is 0.490 e. The van der Waals surface area contributed by atoms with Gasteiger partial charge in [0.2, 0.25) is 5.75 Å².